The van der Waals surface area contributed by atoms with Gasteiger partial charge in [0.15, 0.2) is 5.96 Å². The van der Waals surface area contributed by atoms with Crippen molar-refractivity contribution >= 4 is 5.96 Å². The second-order valence-electron chi connectivity index (χ2n) is 4.72. The zero-order valence-electron chi connectivity index (χ0n) is 12.3. The molecule has 4 nitrogen and oxygen atoms in total. The van der Waals surface area contributed by atoms with E-state index in [2.05, 4.69) is 21.7 Å². The van der Waals surface area contributed by atoms with Crippen LogP contribution in [0.25, 0.3) is 0 Å². The first-order chi connectivity index (χ1) is 10.7. The van der Waals surface area contributed by atoms with Crippen molar-refractivity contribution in [2.24, 2.45) is 4.99 Å². The van der Waals surface area contributed by atoms with E-state index in [9.17, 15) is 4.39 Å². The van der Waals surface area contributed by atoms with Crippen LogP contribution in [-0.2, 0) is 13.1 Å². The molecule has 2 aromatic rings. The van der Waals surface area contributed by atoms with E-state index in [4.69, 9.17) is 5.26 Å². The highest BCUT2D eigenvalue weighted by molar-refractivity contribution is 5.79. The molecule has 0 aliphatic rings. The summed E-state index contributed by atoms with van der Waals surface area (Å²) in [7, 11) is 1.67. The van der Waals surface area contributed by atoms with Crippen molar-refractivity contribution in [2.45, 2.75) is 13.1 Å². The molecule has 0 bridgehead atoms. The fourth-order valence-electron chi connectivity index (χ4n) is 1.99. The Balaban J connectivity index is 1.89. The predicted molar refractivity (Wildman–Crippen MR) is 84.6 cm³/mol. The van der Waals surface area contributed by atoms with E-state index < -0.39 is 0 Å². The van der Waals surface area contributed by atoms with Gasteiger partial charge in [-0.25, -0.2) is 4.39 Å². The zero-order chi connectivity index (χ0) is 15.8. The first-order valence-electron chi connectivity index (χ1n) is 6.89. The smallest absolute Gasteiger partial charge is 0.191 e. The van der Waals surface area contributed by atoms with Gasteiger partial charge in [0.25, 0.3) is 0 Å². The van der Waals surface area contributed by atoms with Crippen LogP contribution in [0.4, 0.5) is 4.39 Å². The second-order valence-corrected chi connectivity index (χ2v) is 4.72. The molecular formula is C17H17FN4. The summed E-state index contributed by atoms with van der Waals surface area (Å²) in [6.45, 7) is 1.04. The largest absolute Gasteiger partial charge is 0.352 e. The highest BCUT2D eigenvalue weighted by Crippen LogP contribution is 2.04. The van der Waals surface area contributed by atoms with E-state index in [0.29, 0.717) is 24.6 Å². The van der Waals surface area contributed by atoms with Crippen LogP contribution in [0.3, 0.4) is 0 Å². The van der Waals surface area contributed by atoms with Crippen molar-refractivity contribution in [3.8, 4) is 6.07 Å². The Morgan fingerprint density at radius 1 is 1.09 bits per heavy atom. The Morgan fingerprint density at radius 2 is 1.73 bits per heavy atom. The van der Waals surface area contributed by atoms with Gasteiger partial charge in [0, 0.05) is 20.1 Å². The summed E-state index contributed by atoms with van der Waals surface area (Å²) in [6, 6.07) is 15.9. The lowest BCUT2D eigenvalue weighted by Crippen LogP contribution is -2.36. The summed E-state index contributed by atoms with van der Waals surface area (Å²) in [5.41, 5.74) is 2.46. The van der Waals surface area contributed by atoms with Crippen LogP contribution in [0.1, 0.15) is 16.7 Å². The van der Waals surface area contributed by atoms with Crippen molar-refractivity contribution in [1.82, 2.24) is 10.6 Å². The third kappa shape index (κ3) is 4.60. The number of halogens is 1. The maximum absolute atomic E-state index is 13.1. The third-order valence-corrected chi connectivity index (χ3v) is 3.09. The van der Waals surface area contributed by atoms with Crippen LogP contribution in [-0.4, -0.2) is 13.0 Å². The number of nitrogens with zero attached hydrogens (tertiary/aromatic N) is 2. The maximum atomic E-state index is 13.1. The van der Waals surface area contributed by atoms with Crippen molar-refractivity contribution in [3.05, 3.63) is 71.0 Å². The van der Waals surface area contributed by atoms with Crippen molar-refractivity contribution in [2.75, 3.05) is 7.05 Å². The summed E-state index contributed by atoms with van der Waals surface area (Å²) >= 11 is 0. The highest BCUT2D eigenvalue weighted by Gasteiger charge is 2.01. The lowest BCUT2D eigenvalue weighted by atomic mass is 10.1. The summed E-state index contributed by atoms with van der Waals surface area (Å²) in [5, 5.41) is 15.2. The van der Waals surface area contributed by atoms with Gasteiger partial charge in [-0.3, -0.25) is 4.99 Å². The Bertz CT molecular complexity index is 704. The van der Waals surface area contributed by atoms with E-state index in [1.165, 1.54) is 12.1 Å². The molecule has 0 aliphatic carbocycles. The molecule has 2 rings (SSSR count). The SMILES string of the molecule is CN=C(NCc1cccc(F)c1)NCc1cccc(C#N)c1. The molecule has 22 heavy (non-hydrogen) atoms. The quantitative estimate of drug-likeness (QED) is 0.673. The first-order valence-corrected chi connectivity index (χ1v) is 6.89. The first kappa shape index (κ1) is 15.5. The fraction of sp³-hybridized carbons (Fsp3) is 0.176. The number of hydrogen-bond acceptors (Lipinski definition) is 2. The van der Waals surface area contributed by atoms with E-state index in [1.54, 1.807) is 19.2 Å². The monoisotopic (exact) mass is 296 g/mol. The van der Waals surface area contributed by atoms with Crippen molar-refractivity contribution in [3.63, 3.8) is 0 Å². The van der Waals surface area contributed by atoms with E-state index in [0.717, 1.165) is 11.1 Å². The minimum absolute atomic E-state index is 0.254. The average molecular weight is 296 g/mol. The molecule has 5 heteroatoms. The molecule has 0 radical (unpaired) electrons. The molecular weight excluding hydrogens is 279 g/mol. The number of nitrogens with one attached hydrogen (secondary N) is 2. The topological polar surface area (TPSA) is 60.2 Å². The van der Waals surface area contributed by atoms with Gasteiger partial charge in [-0.05, 0) is 35.4 Å². The van der Waals surface area contributed by atoms with Gasteiger partial charge in [-0.2, -0.15) is 5.26 Å². The molecule has 0 atom stereocenters. The number of benzene rings is 2. The van der Waals surface area contributed by atoms with Gasteiger partial charge in [0.05, 0.1) is 11.6 Å². The van der Waals surface area contributed by atoms with Crippen molar-refractivity contribution in [1.29, 1.82) is 5.26 Å². The minimum Gasteiger partial charge on any atom is -0.352 e. The predicted octanol–water partition coefficient (Wildman–Crippen LogP) is 2.56. The Hall–Kier alpha value is -2.87. The molecule has 0 amide bonds. The molecule has 0 aliphatic heterocycles. The molecule has 0 saturated heterocycles. The Kier molecular flexibility index (Phi) is 5.50. The number of nitriles is 1. The van der Waals surface area contributed by atoms with Gasteiger partial charge in [-0.15, -0.1) is 0 Å². The Morgan fingerprint density at radius 3 is 2.32 bits per heavy atom. The van der Waals surface area contributed by atoms with Crippen LogP contribution in [0.2, 0.25) is 0 Å². The standard InChI is InChI=1S/C17H17FN4/c1-20-17(22-12-15-6-3-7-16(18)9-15)21-11-14-5-2-4-13(8-14)10-19/h2-9H,11-12H2,1H3,(H2,20,21,22). The molecule has 2 aromatic carbocycles. The molecule has 0 aromatic heterocycles. The summed E-state index contributed by atoms with van der Waals surface area (Å²) in [5.74, 6) is 0.363. The van der Waals surface area contributed by atoms with E-state index >= 15 is 0 Å². The van der Waals surface area contributed by atoms with Crippen LogP contribution in [0.5, 0.6) is 0 Å². The molecule has 0 saturated carbocycles. The molecule has 112 valence electrons. The van der Waals surface area contributed by atoms with Crippen LogP contribution >= 0.6 is 0 Å². The van der Waals surface area contributed by atoms with Gasteiger partial charge in [-0.1, -0.05) is 24.3 Å². The van der Waals surface area contributed by atoms with Crippen LogP contribution in [0.15, 0.2) is 53.5 Å². The summed E-state index contributed by atoms with van der Waals surface area (Å²) < 4.78 is 13.1. The van der Waals surface area contributed by atoms with Gasteiger partial charge in [0.1, 0.15) is 5.82 Å². The fourth-order valence-corrected chi connectivity index (χ4v) is 1.99. The van der Waals surface area contributed by atoms with E-state index in [1.807, 2.05) is 24.3 Å². The molecule has 0 unspecified atom stereocenters. The van der Waals surface area contributed by atoms with E-state index in [-0.39, 0.29) is 5.82 Å². The van der Waals surface area contributed by atoms with Crippen LogP contribution in [0, 0.1) is 17.1 Å². The van der Waals surface area contributed by atoms with Gasteiger partial charge in [0.2, 0.25) is 0 Å². The minimum atomic E-state index is -0.254. The Labute approximate surface area is 129 Å². The number of guanidine groups is 1. The lowest BCUT2D eigenvalue weighted by Gasteiger charge is -2.12. The molecule has 0 fully saturated rings. The molecule has 0 heterocycles. The van der Waals surface area contributed by atoms with Crippen molar-refractivity contribution < 1.29 is 4.39 Å². The molecule has 2 N–H and O–H groups in total. The lowest BCUT2D eigenvalue weighted by molar-refractivity contribution is 0.624. The number of hydrogen-bond donors (Lipinski definition) is 2. The third-order valence-electron chi connectivity index (χ3n) is 3.09. The normalized spacial score (nSPS) is 10.9. The second kappa shape index (κ2) is 7.79. The number of rotatable bonds is 4. The summed E-state index contributed by atoms with van der Waals surface area (Å²) in [4.78, 5) is 4.12. The highest BCUT2D eigenvalue weighted by atomic mass is 19.1. The average Bonchev–Trinajstić information content (AvgIpc) is 2.55. The number of aliphatic imine (C=N–C) groups is 1. The summed E-state index contributed by atoms with van der Waals surface area (Å²) in [6.07, 6.45) is 0. The zero-order valence-corrected chi connectivity index (χ0v) is 12.3. The maximum Gasteiger partial charge on any atom is 0.191 e. The van der Waals surface area contributed by atoms with Crippen LogP contribution < -0.4 is 10.6 Å². The molecule has 0 spiro atoms. The van der Waals surface area contributed by atoms with Gasteiger partial charge < -0.3 is 10.6 Å². The van der Waals surface area contributed by atoms with Gasteiger partial charge >= 0.3 is 0 Å².